The number of sulfone groups is 1. The number of halogens is 1. The van der Waals surface area contributed by atoms with E-state index in [9.17, 15) is 13.2 Å². The quantitative estimate of drug-likeness (QED) is 0.907. The minimum Gasteiger partial charge on any atom is -0.475 e. The molecule has 2 rings (SSSR count). The van der Waals surface area contributed by atoms with Crippen molar-refractivity contribution in [2.24, 2.45) is 0 Å². The van der Waals surface area contributed by atoms with Crippen molar-refractivity contribution in [3.8, 4) is 0 Å². The first-order valence-corrected chi connectivity index (χ1v) is 6.73. The molecular weight excluding hydrogens is 268 g/mol. The minimum absolute atomic E-state index is 0.173. The maximum atomic E-state index is 11.6. The van der Waals surface area contributed by atoms with Gasteiger partial charge in [-0.3, -0.25) is 0 Å². The number of carboxylic acids is 1. The van der Waals surface area contributed by atoms with Crippen molar-refractivity contribution in [3.63, 3.8) is 0 Å². The molecule has 0 saturated carbocycles. The van der Waals surface area contributed by atoms with Crippen LogP contribution in [0.3, 0.4) is 0 Å². The van der Waals surface area contributed by atoms with Crippen molar-refractivity contribution < 1.29 is 22.7 Å². The number of carboxylic acid groups (broad SMARTS) is 1. The van der Waals surface area contributed by atoms with Gasteiger partial charge >= 0.3 is 5.97 Å². The van der Waals surface area contributed by atoms with E-state index in [1.54, 1.807) is 0 Å². The summed E-state index contributed by atoms with van der Waals surface area (Å²) >= 11 is 5.75. The average Bonchev–Trinajstić information content (AvgIpc) is 2.55. The normalized spacial score (nSPS) is 11.9. The summed E-state index contributed by atoms with van der Waals surface area (Å²) in [5, 5.41) is 9.39. The number of carbonyl (C=O) groups is 1. The maximum Gasteiger partial charge on any atom is 0.373 e. The third-order valence-corrected chi connectivity index (χ3v) is 3.55. The monoisotopic (exact) mass is 274 g/mol. The number of hydrogen-bond acceptors (Lipinski definition) is 4. The molecular formula is C10H7ClO5S. The topological polar surface area (TPSA) is 84.6 Å². The molecule has 2 aromatic rings. The van der Waals surface area contributed by atoms with Gasteiger partial charge in [0.1, 0.15) is 10.5 Å². The van der Waals surface area contributed by atoms with Gasteiger partial charge in [0.25, 0.3) is 0 Å². The van der Waals surface area contributed by atoms with Gasteiger partial charge in [-0.1, -0.05) is 11.6 Å². The Kier molecular flexibility index (Phi) is 2.63. The third-order valence-electron chi connectivity index (χ3n) is 2.17. The average molecular weight is 275 g/mol. The van der Waals surface area contributed by atoms with E-state index < -0.39 is 21.6 Å². The fraction of sp³-hybridized carbons (Fsp3) is 0.100. The van der Waals surface area contributed by atoms with Gasteiger partial charge in [-0.2, -0.15) is 0 Å². The van der Waals surface area contributed by atoms with Gasteiger partial charge < -0.3 is 9.52 Å². The molecule has 90 valence electrons. The highest BCUT2D eigenvalue weighted by atomic mass is 35.5. The second-order valence-corrected chi connectivity index (χ2v) is 5.87. The molecule has 5 nitrogen and oxygen atoms in total. The predicted octanol–water partition coefficient (Wildman–Crippen LogP) is 2.19. The van der Waals surface area contributed by atoms with E-state index >= 15 is 0 Å². The number of fused-ring (bicyclic) bond motifs is 1. The van der Waals surface area contributed by atoms with Crippen LogP contribution >= 0.6 is 11.6 Å². The van der Waals surface area contributed by atoms with Crippen LogP contribution in [0.25, 0.3) is 11.0 Å². The molecule has 1 N–H and O–H groups in total. The summed E-state index contributed by atoms with van der Waals surface area (Å²) in [6, 6.07) is 4.28. The fourth-order valence-corrected chi connectivity index (χ4v) is 2.75. The second kappa shape index (κ2) is 3.75. The molecule has 0 unspecified atom stereocenters. The van der Waals surface area contributed by atoms with Crippen molar-refractivity contribution in [2.75, 3.05) is 6.26 Å². The van der Waals surface area contributed by atoms with Crippen LogP contribution in [0, 0.1) is 0 Å². The molecule has 0 aliphatic heterocycles. The van der Waals surface area contributed by atoms with Crippen molar-refractivity contribution in [1.29, 1.82) is 0 Å². The van der Waals surface area contributed by atoms with Crippen molar-refractivity contribution in [1.82, 2.24) is 0 Å². The number of benzene rings is 1. The molecule has 0 atom stereocenters. The molecule has 0 aliphatic carbocycles. The van der Waals surface area contributed by atoms with Crippen molar-refractivity contribution in [3.05, 3.63) is 29.0 Å². The van der Waals surface area contributed by atoms with Crippen LogP contribution in [0.15, 0.2) is 27.5 Å². The van der Waals surface area contributed by atoms with E-state index in [0.29, 0.717) is 5.02 Å². The summed E-state index contributed by atoms with van der Waals surface area (Å²) < 4.78 is 28.2. The summed E-state index contributed by atoms with van der Waals surface area (Å²) in [7, 11) is -3.71. The van der Waals surface area contributed by atoms with E-state index in [4.69, 9.17) is 21.1 Å². The zero-order valence-electron chi connectivity index (χ0n) is 8.60. The highest BCUT2D eigenvalue weighted by molar-refractivity contribution is 7.91. The summed E-state index contributed by atoms with van der Waals surface area (Å²) in [6.45, 7) is 0. The molecule has 0 saturated heterocycles. The van der Waals surface area contributed by atoms with Crippen LogP contribution in [0.4, 0.5) is 0 Å². The highest BCUT2D eigenvalue weighted by Gasteiger charge is 2.27. The Morgan fingerprint density at radius 1 is 1.41 bits per heavy atom. The van der Waals surface area contributed by atoms with Gasteiger partial charge in [-0.15, -0.1) is 0 Å². The van der Waals surface area contributed by atoms with Crippen LogP contribution in [0.1, 0.15) is 10.6 Å². The zero-order valence-corrected chi connectivity index (χ0v) is 10.2. The lowest BCUT2D eigenvalue weighted by molar-refractivity contribution is 0.0659. The van der Waals surface area contributed by atoms with Gasteiger partial charge in [0, 0.05) is 16.7 Å². The van der Waals surface area contributed by atoms with Crippen LogP contribution in [-0.4, -0.2) is 25.7 Å². The summed E-state index contributed by atoms with van der Waals surface area (Å²) in [5.74, 6) is -2.03. The fourth-order valence-electron chi connectivity index (χ4n) is 1.56. The van der Waals surface area contributed by atoms with Gasteiger partial charge in [0.05, 0.1) is 0 Å². The van der Waals surface area contributed by atoms with E-state index in [2.05, 4.69) is 0 Å². The number of furan rings is 1. The molecule has 17 heavy (non-hydrogen) atoms. The Morgan fingerprint density at radius 3 is 2.59 bits per heavy atom. The van der Waals surface area contributed by atoms with E-state index in [-0.39, 0.29) is 15.9 Å². The standard InChI is InChI=1S/C10H7ClO5S/c1-17(14,15)9-6-4-5(11)2-3-7(6)16-8(9)10(12)13/h2-4H,1H3,(H,12,13). The number of rotatable bonds is 2. The Balaban J connectivity index is 2.98. The molecule has 0 radical (unpaired) electrons. The van der Waals surface area contributed by atoms with Crippen LogP contribution in [0.2, 0.25) is 5.02 Å². The SMILES string of the molecule is CS(=O)(=O)c1c(C(=O)O)oc2ccc(Cl)cc12. The predicted molar refractivity (Wildman–Crippen MR) is 61.3 cm³/mol. The zero-order chi connectivity index (χ0) is 12.8. The second-order valence-electron chi connectivity index (χ2n) is 3.48. The summed E-state index contributed by atoms with van der Waals surface area (Å²) in [6.07, 6.45) is 0.921. The molecule has 0 fully saturated rings. The number of hydrogen-bond donors (Lipinski definition) is 1. The molecule has 0 bridgehead atoms. The summed E-state index contributed by atoms with van der Waals surface area (Å²) in [4.78, 5) is 10.6. The summed E-state index contributed by atoms with van der Waals surface area (Å²) in [5.41, 5.74) is 0.173. The van der Waals surface area contributed by atoms with Gasteiger partial charge in [0.2, 0.25) is 5.76 Å². The Hall–Kier alpha value is -1.53. The van der Waals surface area contributed by atoms with E-state index in [0.717, 1.165) is 6.26 Å². The molecule has 1 aromatic heterocycles. The first-order valence-electron chi connectivity index (χ1n) is 4.46. The van der Waals surface area contributed by atoms with Crippen molar-refractivity contribution >= 4 is 38.4 Å². The van der Waals surface area contributed by atoms with Crippen LogP contribution in [-0.2, 0) is 9.84 Å². The first kappa shape index (κ1) is 11.9. The molecule has 0 spiro atoms. The lowest BCUT2D eigenvalue weighted by Gasteiger charge is -1.96. The number of aromatic carboxylic acids is 1. The lowest BCUT2D eigenvalue weighted by atomic mass is 10.2. The highest BCUT2D eigenvalue weighted by Crippen LogP contribution is 2.31. The third kappa shape index (κ3) is 2.01. The Morgan fingerprint density at radius 2 is 2.06 bits per heavy atom. The molecule has 0 aliphatic rings. The molecule has 1 heterocycles. The van der Waals surface area contributed by atoms with Gasteiger partial charge in [0.15, 0.2) is 9.84 Å². The van der Waals surface area contributed by atoms with Gasteiger partial charge in [-0.25, -0.2) is 13.2 Å². The molecule has 0 amide bonds. The Labute approximate surface area is 102 Å². The smallest absolute Gasteiger partial charge is 0.373 e. The van der Waals surface area contributed by atoms with Crippen LogP contribution < -0.4 is 0 Å². The van der Waals surface area contributed by atoms with E-state index in [1.165, 1.54) is 18.2 Å². The maximum absolute atomic E-state index is 11.6. The van der Waals surface area contributed by atoms with Gasteiger partial charge in [-0.05, 0) is 18.2 Å². The van der Waals surface area contributed by atoms with Crippen LogP contribution in [0.5, 0.6) is 0 Å². The molecule has 7 heteroatoms. The first-order chi connectivity index (χ1) is 7.80. The molecule has 1 aromatic carbocycles. The van der Waals surface area contributed by atoms with E-state index in [1.807, 2.05) is 0 Å². The minimum atomic E-state index is -3.71. The lowest BCUT2D eigenvalue weighted by Crippen LogP contribution is -2.04. The van der Waals surface area contributed by atoms with Crippen molar-refractivity contribution in [2.45, 2.75) is 4.90 Å². The Bertz CT molecular complexity index is 714. The largest absolute Gasteiger partial charge is 0.475 e.